The first-order valence-electron chi connectivity index (χ1n) is 8.83. The number of fused-ring (bicyclic) bond motifs is 1. The monoisotopic (exact) mass is 368 g/mol. The summed E-state index contributed by atoms with van der Waals surface area (Å²) in [6.07, 6.45) is 0.667. The first kappa shape index (κ1) is 17.6. The molecule has 0 saturated carbocycles. The van der Waals surface area contributed by atoms with Crippen LogP contribution in [0.5, 0.6) is 0 Å². The van der Waals surface area contributed by atoms with E-state index in [-0.39, 0.29) is 18.3 Å². The number of aromatic nitrogens is 2. The molecule has 1 saturated heterocycles. The molecule has 1 aliphatic rings. The number of H-pyrrole nitrogens is 1. The van der Waals surface area contributed by atoms with Crippen LogP contribution < -0.4 is 5.46 Å². The van der Waals surface area contributed by atoms with Gasteiger partial charge in [0.2, 0.25) is 0 Å². The van der Waals surface area contributed by atoms with Gasteiger partial charge in [-0.1, -0.05) is 35.9 Å². The third-order valence-electron chi connectivity index (χ3n) is 5.40. The second-order valence-electron chi connectivity index (χ2n) is 7.82. The van der Waals surface area contributed by atoms with Gasteiger partial charge in [0.1, 0.15) is 5.82 Å². The van der Waals surface area contributed by atoms with E-state index in [0.29, 0.717) is 6.42 Å². The van der Waals surface area contributed by atoms with E-state index in [1.54, 1.807) is 0 Å². The molecule has 26 heavy (non-hydrogen) atoms. The Bertz CT molecular complexity index is 951. The fourth-order valence-corrected chi connectivity index (χ4v) is 3.31. The van der Waals surface area contributed by atoms with Crippen LogP contribution in [0.4, 0.5) is 0 Å². The van der Waals surface area contributed by atoms with E-state index in [1.165, 1.54) is 0 Å². The third-order valence-corrected chi connectivity index (χ3v) is 5.76. The number of nitrogens with one attached hydrogen (secondary N) is 1. The summed E-state index contributed by atoms with van der Waals surface area (Å²) in [5.74, 6) is 0.888. The molecule has 0 spiro atoms. The van der Waals surface area contributed by atoms with Crippen molar-refractivity contribution in [1.82, 2.24) is 9.97 Å². The lowest BCUT2D eigenvalue weighted by molar-refractivity contribution is 0.00578. The molecule has 0 bridgehead atoms. The van der Waals surface area contributed by atoms with Crippen LogP contribution in [0.15, 0.2) is 42.5 Å². The van der Waals surface area contributed by atoms with E-state index in [0.717, 1.165) is 32.9 Å². The molecule has 1 N–H and O–H groups in total. The average Bonchev–Trinajstić information content (AvgIpc) is 3.06. The van der Waals surface area contributed by atoms with E-state index in [2.05, 4.69) is 43.7 Å². The second kappa shape index (κ2) is 6.12. The van der Waals surface area contributed by atoms with E-state index in [4.69, 9.17) is 20.9 Å². The largest absolute Gasteiger partial charge is 0.494 e. The molecule has 1 fully saturated rings. The molecule has 1 aromatic heterocycles. The zero-order valence-electron chi connectivity index (χ0n) is 15.5. The standard InChI is InChI=1S/C20H22BClN2O2/c1-19(2)20(3,4)26-21(25-19)14-9-10-16-17(12-14)24-18(23-16)11-13-7-5-6-8-15(13)22/h5-10,12H,11H2,1-4H3,(H,23,24). The molecule has 0 amide bonds. The minimum Gasteiger partial charge on any atom is -0.399 e. The number of benzene rings is 2. The van der Waals surface area contributed by atoms with Crippen LogP contribution in [0, 0.1) is 0 Å². The minimum absolute atomic E-state index is 0.351. The molecule has 0 radical (unpaired) electrons. The van der Waals surface area contributed by atoms with Crippen LogP contribution in [0.3, 0.4) is 0 Å². The molecule has 2 aromatic carbocycles. The van der Waals surface area contributed by atoms with Gasteiger partial charge < -0.3 is 14.3 Å². The predicted molar refractivity (Wildman–Crippen MR) is 106 cm³/mol. The molecule has 4 nitrogen and oxygen atoms in total. The van der Waals surface area contributed by atoms with Crippen molar-refractivity contribution >= 4 is 35.2 Å². The molecule has 6 heteroatoms. The van der Waals surface area contributed by atoms with Gasteiger partial charge in [-0.15, -0.1) is 0 Å². The molecular formula is C20H22BClN2O2. The molecule has 134 valence electrons. The van der Waals surface area contributed by atoms with Gasteiger partial charge in [0.05, 0.1) is 22.2 Å². The van der Waals surface area contributed by atoms with Crippen LogP contribution in [0.1, 0.15) is 39.1 Å². The van der Waals surface area contributed by atoms with Crippen LogP contribution >= 0.6 is 11.6 Å². The van der Waals surface area contributed by atoms with Crippen molar-refractivity contribution in [3.8, 4) is 0 Å². The molecule has 0 unspecified atom stereocenters. The van der Waals surface area contributed by atoms with Gasteiger partial charge in [-0.3, -0.25) is 0 Å². The Kier molecular flexibility index (Phi) is 4.14. The van der Waals surface area contributed by atoms with Crippen molar-refractivity contribution in [3.63, 3.8) is 0 Å². The van der Waals surface area contributed by atoms with E-state index in [1.807, 2.05) is 36.4 Å². The summed E-state index contributed by atoms with van der Waals surface area (Å²) in [6.45, 7) is 8.24. The number of imidazole rings is 1. The van der Waals surface area contributed by atoms with Crippen LogP contribution in [0.25, 0.3) is 11.0 Å². The summed E-state index contributed by atoms with van der Waals surface area (Å²) in [7, 11) is -0.375. The Hall–Kier alpha value is -1.82. The van der Waals surface area contributed by atoms with Gasteiger partial charge in [-0.25, -0.2) is 4.98 Å². The van der Waals surface area contributed by atoms with Gasteiger partial charge >= 0.3 is 7.12 Å². The van der Waals surface area contributed by atoms with Crippen LogP contribution in [-0.4, -0.2) is 28.3 Å². The number of aromatic amines is 1. The summed E-state index contributed by atoms with van der Waals surface area (Å²) in [5.41, 5.74) is 3.24. The number of hydrogen-bond acceptors (Lipinski definition) is 3. The van der Waals surface area contributed by atoms with Crippen molar-refractivity contribution in [2.45, 2.75) is 45.3 Å². The van der Waals surface area contributed by atoms with E-state index in [9.17, 15) is 0 Å². The lowest BCUT2D eigenvalue weighted by Gasteiger charge is -2.32. The van der Waals surface area contributed by atoms with Crippen molar-refractivity contribution in [2.75, 3.05) is 0 Å². The number of rotatable bonds is 3. The highest BCUT2D eigenvalue weighted by Crippen LogP contribution is 2.36. The maximum Gasteiger partial charge on any atom is 0.494 e. The first-order chi connectivity index (χ1) is 12.2. The van der Waals surface area contributed by atoms with Crippen LogP contribution in [0.2, 0.25) is 5.02 Å². The SMILES string of the molecule is CC1(C)OB(c2ccc3nc(Cc4ccccc4Cl)[nH]c3c2)OC1(C)C. The van der Waals surface area contributed by atoms with E-state index < -0.39 is 0 Å². The van der Waals surface area contributed by atoms with Crippen molar-refractivity contribution in [1.29, 1.82) is 0 Å². The Labute approximate surface area is 159 Å². The average molecular weight is 369 g/mol. The van der Waals surface area contributed by atoms with Gasteiger partial charge in [-0.2, -0.15) is 0 Å². The summed E-state index contributed by atoms with van der Waals surface area (Å²) >= 11 is 6.26. The normalized spacial score (nSPS) is 18.6. The summed E-state index contributed by atoms with van der Waals surface area (Å²) in [4.78, 5) is 8.07. The van der Waals surface area contributed by atoms with Gasteiger partial charge in [-0.05, 0) is 56.9 Å². The first-order valence-corrected chi connectivity index (χ1v) is 9.20. The Balaban J connectivity index is 1.62. The zero-order valence-corrected chi connectivity index (χ0v) is 16.2. The molecular weight excluding hydrogens is 346 g/mol. The Morgan fingerprint density at radius 2 is 1.73 bits per heavy atom. The highest BCUT2D eigenvalue weighted by molar-refractivity contribution is 6.62. The predicted octanol–water partition coefficient (Wildman–Crippen LogP) is 4.11. The number of halogens is 1. The highest BCUT2D eigenvalue weighted by atomic mass is 35.5. The van der Waals surface area contributed by atoms with Gasteiger partial charge in [0.25, 0.3) is 0 Å². The summed E-state index contributed by atoms with van der Waals surface area (Å²) in [6, 6.07) is 13.9. The molecule has 2 heterocycles. The fourth-order valence-electron chi connectivity index (χ4n) is 3.11. The summed E-state index contributed by atoms with van der Waals surface area (Å²) < 4.78 is 12.3. The van der Waals surface area contributed by atoms with E-state index >= 15 is 0 Å². The third kappa shape index (κ3) is 3.04. The van der Waals surface area contributed by atoms with Gasteiger partial charge in [0, 0.05) is 11.4 Å². The Morgan fingerprint density at radius 3 is 2.42 bits per heavy atom. The quantitative estimate of drug-likeness (QED) is 0.708. The Morgan fingerprint density at radius 1 is 1.04 bits per heavy atom. The zero-order chi connectivity index (χ0) is 18.5. The molecule has 0 aliphatic carbocycles. The topological polar surface area (TPSA) is 47.1 Å². The van der Waals surface area contributed by atoms with Crippen LogP contribution in [-0.2, 0) is 15.7 Å². The highest BCUT2D eigenvalue weighted by Gasteiger charge is 2.51. The van der Waals surface area contributed by atoms with Gasteiger partial charge in [0.15, 0.2) is 0 Å². The maximum absolute atomic E-state index is 6.26. The fraction of sp³-hybridized carbons (Fsp3) is 0.350. The molecule has 3 aromatic rings. The smallest absolute Gasteiger partial charge is 0.399 e. The van der Waals surface area contributed by atoms with Crippen molar-refractivity contribution in [2.24, 2.45) is 0 Å². The molecule has 0 atom stereocenters. The summed E-state index contributed by atoms with van der Waals surface area (Å²) in [5, 5.41) is 0.755. The lowest BCUT2D eigenvalue weighted by Crippen LogP contribution is -2.41. The van der Waals surface area contributed by atoms with Crippen molar-refractivity contribution in [3.05, 3.63) is 58.9 Å². The van der Waals surface area contributed by atoms with Crippen molar-refractivity contribution < 1.29 is 9.31 Å². The number of hydrogen-bond donors (Lipinski definition) is 1. The maximum atomic E-state index is 6.26. The lowest BCUT2D eigenvalue weighted by atomic mass is 9.79. The minimum atomic E-state index is -0.375. The second-order valence-corrected chi connectivity index (χ2v) is 8.22. The molecule has 1 aliphatic heterocycles. The molecule has 4 rings (SSSR count). The number of nitrogens with zero attached hydrogens (tertiary/aromatic N) is 1.